The second kappa shape index (κ2) is 6.59. The highest BCUT2D eigenvalue weighted by Crippen LogP contribution is 2.39. The SMILES string of the molecule is COc1ccc2cc(C(=O)N3CCC(C(=O)O)(C(C)C)C3)c(C)nc2c1. The Bertz CT molecular complexity index is 877. The van der Waals surface area contributed by atoms with Gasteiger partial charge in [0.05, 0.1) is 29.3 Å². The number of carbonyl (C=O) groups excluding carboxylic acids is 1. The molecule has 0 aliphatic carbocycles. The second-order valence-corrected chi connectivity index (χ2v) is 7.27. The largest absolute Gasteiger partial charge is 0.497 e. The Morgan fingerprint density at radius 1 is 1.31 bits per heavy atom. The minimum absolute atomic E-state index is 0.0407. The quantitative estimate of drug-likeness (QED) is 0.910. The van der Waals surface area contributed by atoms with Crippen LogP contribution in [0.2, 0.25) is 0 Å². The summed E-state index contributed by atoms with van der Waals surface area (Å²) in [6, 6.07) is 7.37. The first-order chi connectivity index (χ1) is 12.3. The third-order valence-electron chi connectivity index (χ3n) is 5.56. The van der Waals surface area contributed by atoms with Gasteiger partial charge in [-0.1, -0.05) is 13.8 Å². The highest BCUT2D eigenvalue weighted by Gasteiger charge is 2.48. The molecule has 3 rings (SSSR count). The molecular formula is C20H24N2O4. The molecule has 0 saturated carbocycles. The summed E-state index contributed by atoms with van der Waals surface area (Å²) < 4.78 is 5.22. The average molecular weight is 356 g/mol. The minimum atomic E-state index is -0.874. The Hall–Kier alpha value is -2.63. The lowest BCUT2D eigenvalue weighted by Gasteiger charge is -2.28. The van der Waals surface area contributed by atoms with Gasteiger partial charge in [0, 0.05) is 24.5 Å². The molecule has 1 unspecified atom stereocenters. The average Bonchev–Trinajstić information content (AvgIpc) is 3.07. The van der Waals surface area contributed by atoms with Crippen LogP contribution in [0.25, 0.3) is 10.9 Å². The predicted octanol–water partition coefficient (Wildman–Crippen LogP) is 3.12. The molecular weight excluding hydrogens is 332 g/mol. The molecule has 1 aliphatic rings. The summed E-state index contributed by atoms with van der Waals surface area (Å²) in [5.74, 6) is -0.313. The van der Waals surface area contributed by atoms with Gasteiger partial charge in [-0.3, -0.25) is 14.6 Å². The summed E-state index contributed by atoms with van der Waals surface area (Å²) in [6.45, 7) is 6.29. The van der Waals surface area contributed by atoms with E-state index in [1.165, 1.54) is 0 Å². The van der Waals surface area contributed by atoms with Gasteiger partial charge in [0.2, 0.25) is 0 Å². The molecule has 1 saturated heterocycles. The van der Waals surface area contributed by atoms with Gasteiger partial charge in [-0.25, -0.2) is 0 Å². The van der Waals surface area contributed by atoms with Crippen molar-refractivity contribution in [3.8, 4) is 5.75 Å². The van der Waals surface area contributed by atoms with E-state index in [1.54, 1.807) is 18.9 Å². The third-order valence-corrected chi connectivity index (χ3v) is 5.56. The number of hydrogen-bond donors (Lipinski definition) is 1. The van der Waals surface area contributed by atoms with Crippen molar-refractivity contribution < 1.29 is 19.4 Å². The number of rotatable bonds is 4. The molecule has 1 N–H and O–H groups in total. The maximum absolute atomic E-state index is 13.0. The van der Waals surface area contributed by atoms with Gasteiger partial charge in [-0.05, 0) is 37.5 Å². The Morgan fingerprint density at radius 3 is 2.62 bits per heavy atom. The van der Waals surface area contributed by atoms with E-state index < -0.39 is 11.4 Å². The fourth-order valence-electron chi connectivity index (χ4n) is 3.66. The predicted molar refractivity (Wildman–Crippen MR) is 98.5 cm³/mol. The van der Waals surface area contributed by atoms with Gasteiger partial charge in [0.1, 0.15) is 5.75 Å². The normalized spacial score (nSPS) is 20.0. The van der Waals surface area contributed by atoms with Gasteiger partial charge < -0.3 is 14.7 Å². The molecule has 1 atom stereocenters. The molecule has 0 spiro atoms. The van der Waals surface area contributed by atoms with Crippen LogP contribution in [0.4, 0.5) is 0 Å². The Balaban J connectivity index is 1.93. The molecule has 6 heteroatoms. The standard InChI is InChI=1S/C20H24N2O4/c1-12(2)20(19(24)25)7-8-22(11-20)18(23)16-9-14-5-6-15(26-4)10-17(14)21-13(16)3/h5-6,9-10,12H,7-8,11H2,1-4H3,(H,24,25). The Labute approximate surface area is 152 Å². The fourth-order valence-corrected chi connectivity index (χ4v) is 3.66. The van der Waals surface area contributed by atoms with Crippen LogP contribution in [-0.2, 0) is 4.79 Å². The smallest absolute Gasteiger partial charge is 0.311 e. The zero-order valence-corrected chi connectivity index (χ0v) is 15.6. The molecule has 26 heavy (non-hydrogen) atoms. The van der Waals surface area contributed by atoms with Crippen molar-refractivity contribution >= 4 is 22.8 Å². The van der Waals surface area contributed by atoms with Crippen molar-refractivity contribution in [3.63, 3.8) is 0 Å². The Kier molecular flexibility index (Phi) is 4.61. The molecule has 0 radical (unpaired) electrons. The zero-order chi connectivity index (χ0) is 19.1. The number of amides is 1. The number of aryl methyl sites for hydroxylation is 1. The monoisotopic (exact) mass is 356 g/mol. The Morgan fingerprint density at radius 2 is 2.04 bits per heavy atom. The molecule has 2 aromatic rings. The fraction of sp³-hybridized carbons (Fsp3) is 0.450. The number of hydrogen-bond acceptors (Lipinski definition) is 4. The number of aliphatic carboxylic acids is 1. The van der Waals surface area contributed by atoms with Gasteiger partial charge in [-0.2, -0.15) is 0 Å². The highest BCUT2D eigenvalue weighted by molar-refractivity contribution is 5.99. The lowest BCUT2D eigenvalue weighted by molar-refractivity contribution is -0.150. The van der Waals surface area contributed by atoms with E-state index in [0.29, 0.717) is 30.0 Å². The van der Waals surface area contributed by atoms with Gasteiger partial charge in [0.25, 0.3) is 5.91 Å². The molecule has 1 aliphatic heterocycles. The molecule has 2 heterocycles. The summed E-state index contributed by atoms with van der Waals surface area (Å²) >= 11 is 0. The van der Waals surface area contributed by atoms with Crippen LogP contribution in [0, 0.1) is 18.3 Å². The highest BCUT2D eigenvalue weighted by atomic mass is 16.5. The second-order valence-electron chi connectivity index (χ2n) is 7.27. The number of carboxylic acid groups (broad SMARTS) is 1. The van der Waals surface area contributed by atoms with Gasteiger partial charge >= 0.3 is 5.97 Å². The summed E-state index contributed by atoms with van der Waals surface area (Å²) in [5, 5.41) is 10.5. The number of aromatic nitrogens is 1. The summed E-state index contributed by atoms with van der Waals surface area (Å²) in [7, 11) is 1.60. The van der Waals surface area contributed by atoms with Crippen LogP contribution < -0.4 is 4.74 Å². The number of fused-ring (bicyclic) bond motifs is 1. The molecule has 0 bridgehead atoms. The summed E-state index contributed by atoms with van der Waals surface area (Å²) in [6.07, 6.45) is 0.475. The molecule has 1 fully saturated rings. The van der Waals surface area contributed by atoms with E-state index in [1.807, 2.05) is 38.1 Å². The van der Waals surface area contributed by atoms with Crippen molar-refractivity contribution in [2.24, 2.45) is 11.3 Å². The number of benzene rings is 1. The topological polar surface area (TPSA) is 79.7 Å². The van der Waals surface area contributed by atoms with E-state index >= 15 is 0 Å². The number of nitrogens with zero attached hydrogens (tertiary/aromatic N) is 2. The van der Waals surface area contributed by atoms with Crippen molar-refractivity contribution in [1.29, 1.82) is 0 Å². The number of carbonyl (C=O) groups is 2. The van der Waals surface area contributed by atoms with Crippen molar-refractivity contribution in [1.82, 2.24) is 9.88 Å². The van der Waals surface area contributed by atoms with Crippen LogP contribution in [0.3, 0.4) is 0 Å². The van der Waals surface area contributed by atoms with E-state index in [0.717, 1.165) is 10.9 Å². The van der Waals surface area contributed by atoms with Crippen molar-refractivity contribution in [2.45, 2.75) is 27.2 Å². The first-order valence-electron chi connectivity index (χ1n) is 8.76. The summed E-state index contributed by atoms with van der Waals surface area (Å²) in [5.41, 5.74) is 1.05. The molecule has 1 aromatic carbocycles. The van der Waals surface area contributed by atoms with Gasteiger partial charge in [-0.15, -0.1) is 0 Å². The third kappa shape index (κ3) is 2.89. The summed E-state index contributed by atoms with van der Waals surface area (Å²) in [4.78, 5) is 31.0. The maximum Gasteiger partial charge on any atom is 0.311 e. The van der Waals surface area contributed by atoms with Crippen LogP contribution in [-0.4, -0.2) is 47.1 Å². The van der Waals surface area contributed by atoms with E-state index in [-0.39, 0.29) is 18.4 Å². The number of ether oxygens (including phenoxy) is 1. The number of methoxy groups -OCH3 is 1. The number of carboxylic acids is 1. The van der Waals surface area contributed by atoms with E-state index in [2.05, 4.69) is 4.98 Å². The van der Waals surface area contributed by atoms with Crippen LogP contribution >= 0.6 is 0 Å². The first kappa shape index (κ1) is 18.2. The first-order valence-corrected chi connectivity index (χ1v) is 8.76. The lowest BCUT2D eigenvalue weighted by Crippen LogP contribution is -2.40. The lowest BCUT2D eigenvalue weighted by atomic mass is 9.76. The van der Waals surface area contributed by atoms with Crippen LogP contribution in [0.1, 0.15) is 36.3 Å². The van der Waals surface area contributed by atoms with Crippen LogP contribution in [0.15, 0.2) is 24.3 Å². The van der Waals surface area contributed by atoms with Crippen molar-refractivity contribution in [3.05, 3.63) is 35.5 Å². The molecule has 6 nitrogen and oxygen atoms in total. The minimum Gasteiger partial charge on any atom is -0.497 e. The zero-order valence-electron chi connectivity index (χ0n) is 15.6. The number of pyridine rings is 1. The van der Waals surface area contributed by atoms with E-state index in [4.69, 9.17) is 4.74 Å². The van der Waals surface area contributed by atoms with Crippen LogP contribution in [0.5, 0.6) is 5.75 Å². The number of likely N-dealkylation sites (tertiary alicyclic amines) is 1. The molecule has 1 aromatic heterocycles. The van der Waals surface area contributed by atoms with Gasteiger partial charge in [0.15, 0.2) is 0 Å². The molecule has 138 valence electrons. The van der Waals surface area contributed by atoms with Crippen molar-refractivity contribution in [2.75, 3.05) is 20.2 Å². The molecule has 1 amide bonds. The maximum atomic E-state index is 13.0. The van der Waals surface area contributed by atoms with E-state index in [9.17, 15) is 14.7 Å².